The van der Waals surface area contributed by atoms with E-state index >= 15 is 0 Å². The number of anilines is 2. The Balaban J connectivity index is 1.77. The molecule has 0 aromatic heterocycles. The molecule has 9 nitrogen and oxygen atoms in total. The molecule has 37 heavy (non-hydrogen) atoms. The van der Waals surface area contributed by atoms with Crippen molar-refractivity contribution in [3.8, 4) is 5.75 Å². The number of amides is 2. The second-order valence-electron chi connectivity index (χ2n) is 8.29. The highest BCUT2D eigenvalue weighted by Crippen LogP contribution is 2.34. The van der Waals surface area contributed by atoms with Gasteiger partial charge in [0.05, 0.1) is 21.3 Å². The molecular formula is C26H27ClN4O5S. The molecule has 5 N–H and O–H groups in total. The molecule has 194 valence electrons. The fourth-order valence-electron chi connectivity index (χ4n) is 3.64. The van der Waals surface area contributed by atoms with Crippen LogP contribution in [0.15, 0.2) is 76.7 Å². The number of rotatable bonds is 9. The van der Waals surface area contributed by atoms with Crippen LogP contribution >= 0.6 is 11.6 Å². The number of aryl methyl sites for hydroxylation is 1. The number of nitrogens with one attached hydrogen (secondary N) is 2. The van der Waals surface area contributed by atoms with E-state index in [4.69, 9.17) is 17.4 Å². The third-order valence-corrected chi connectivity index (χ3v) is 8.10. The second-order valence-corrected chi connectivity index (χ2v) is 10.8. The minimum absolute atomic E-state index is 0.0163. The molecule has 0 aliphatic heterocycles. The van der Waals surface area contributed by atoms with E-state index in [1.807, 2.05) is 30.3 Å². The summed E-state index contributed by atoms with van der Waals surface area (Å²) >= 11 is 6.29. The van der Waals surface area contributed by atoms with E-state index in [0.29, 0.717) is 0 Å². The average Bonchev–Trinajstić information content (AvgIpc) is 2.86. The van der Waals surface area contributed by atoms with Gasteiger partial charge in [0.1, 0.15) is 16.7 Å². The van der Waals surface area contributed by atoms with Gasteiger partial charge in [-0.3, -0.25) is 9.59 Å². The maximum absolute atomic E-state index is 13.1. The molecule has 0 saturated heterocycles. The van der Waals surface area contributed by atoms with Gasteiger partial charge in [0, 0.05) is 12.5 Å². The first-order valence-electron chi connectivity index (χ1n) is 11.3. The highest BCUT2D eigenvalue weighted by molar-refractivity contribution is 7.92. The Morgan fingerprint density at radius 3 is 2.35 bits per heavy atom. The van der Waals surface area contributed by atoms with Crippen LogP contribution < -0.4 is 16.5 Å². The largest absolute Gasteiger partial charge is 0.506 e. The van der Waals surface area contributed by atoms with Gasteiger partial charge >= 0.3 is 0 Å². The van der Waals surface area contributed by atoms with Crippen molar-refractivity contribution in [1.82, 2.24) is 0 Å². The van der Waals surface area contributed by atoms with Crippen molar-refractivity contribution in [2.45, 2.75) is 36.8 Å². The maximum atomic E-state index is 13.1. The monoisotopic (exact) mass is 542 g/mol. The van der Waals surface area contributed by atoms with Crippen molar-refractivity contribution in [1.29, 1.82) is 0 Å². The molecule has 3 rings (SSSR count). The Kier molecular flexibility index (Phi) is 8.90. The van der Waals surface area contributed by atoms with Gasteiger partial charge in [-0.15, -0.1) is 0 Å². The van der Waals surface area contributed by atoms with E-state index in [1.54, 1.807) is 26.0 Å². The number of benzene rings is 3. The topological polar surface area (TPSA) is 151 Å². The zero-order chi connectivity index (χ0) is 27.2. The Morgan fingerprint density at radius 1 is 1.03 bits per heavy atom. The first kappa shape index (κ1) is 27.7. The van der Waals surface area contributed by atoms with Crippen molar-refractivity contribution in [2.24, 2.45) is 10.9 Å². The summed E-state index contributed by atoms with van der Waals surface area (Å²) in [6.45, 7) is 3.34. The van der Waals surface area contributed by atoms with Gasteiger partial charge < -0.3 is 21.6 Å². The number of hydrogen-bond acceptors (Lipinski definition) is 7. The Hall–Kier alpha value is -3.89. The molecule has 3 aromatic carbocycles. The first-order valence-corrected chi connectivity index (χ1v) is 13.2. The number of phenols is 1. The van der Waals surface area contributed by atoms with E-state index in [9.17, 15) is 23.1 Å². The van der Waals surface area contributed by atoms with Crippen molar-refractivity contribution < 1.29 is 23.1 Å². The van der Waals surface area contributed by atoms with Crippen LogP contribution in [0.25, 0.3) is 0 Å². The quantitative estimate of drug-likeness (QED) is 0.139. The maximum Gasteiger partial charge on any atom is 0.272 e. The van der Waals surface area contributed by atoms with Gasteiger partial charge in [0.25, 0.3) is 5.91 Å². The molecule has 2 amide bonds. The molecule has 0 aliphatic carbocycles. The molecule has 0 spiro atoms. The number of carbonyl (C=O) groups is 2. The number of hydrazone groups is 1. The van der Waals surface area contributed by atoms with Crippen LogP contribution in [0.5, 0.6) is 5.75 Å². The fourth-order valence-corrected chi connectivity index (χ4v) is 5.58. The van der Waals surface area contributed by atoms with Crippen LogP contribution in [-0.2, 0) is 25.8 Å². The summed E-state index contributed by atoms with van der Waals surface area (Å²) in [6, 6.07) is 17.7. The Bertz CT molecular complexity index is 1440. The summed E-state index contributed by atoms with van der Waals surface area (Å²) in [5, 5.41) is 17.6. The summed E-state index contributed by atoms with van der Waals surface area (Å²) < 4.78 is 26.2. The van der Waals surface area contributed by atoms with Crippen LogP contribution in [0.3, 0.4) is 0 Å². The molecular weight excluding hydrogens is 516 g/mol. The lowest BCUT2D eigenvalue weighted by molar-refractivity contribution is -0.116. The second kappa shape index (κ2) is 11.9. The van der Waals surface area contributed by atoms with E-state index in [1.165, 1.54) is 18.2 Å². The fraction of sp³-hybridized carbons (Fsp3) is 0.192. The van der Waals surface area contributed by atoms with Crippen LogP contribution in [-0.4, -0.2) is 36.3 Å². The molecule has 0 bridgehead atoms. The van der Waals surface area contributed by atoms with Gasteiger partial charge in [-0.1, -0.05) is 61.0 Å². The standard InChI is InChI=1S/C26H27ClN4O5S/c1-3-24(37(35,36)18-11-7-8-16(2)12-18)26(34)29-20-15-23(32)21(14-19(20)27)30-25(33)22(31-28)13-17-9-5-4-6-10-17/h4-12,14-15,24,32H,3,13,28H2,1-2H3,(H,29,34)(H,30,33). The van der Waals surface area contributed by atoms with Crippen molar-refractivity contribution in [2.75, 3.05) is 10.6 Å². The van der Waals surface area contributed by atoms with Crippen LogP contribution in [0.4, 0.5) is 11.4 Å². The van der Waals surface area contributed by atoms with Crippen LogP contribution in [0, 0.1) is 6.92 Å². The zero-order valence-electron chi connectivity index (χ0n) is 20.2. The van der Waals surface area contributed by atoms with E-state index in [-0.39, 0.29) is 39.8 Å². The molecule has 0 radical (unpaired) electrons. The summed E-state index contributed by atoms with van der Waals surface area (Å²) in [6.07, 6.45) is 0.183. The molecule has 11 heteroatoms. The number of nitrogens with zero attached hydrogens (tertiary/aromatic N) is 1. The molecule has 1 atom stereocenters. The Morgan fingerprint density at radius 2 is 1.73 bits per heavy atom. The minimum Gasteiger partial charge on any atom is -0.506 e. The molecule has 0 fully saturated rings. The lowest BCUT2D eigenvalue weighted by Gasteiger charge is -2.18. The molecule has 0 saturated carbocycles. The van der Waals surface area contributed by atoms with Gasteiger partial charge in [0.2, 0.25) is 5.91 Å². The van der Waals surface area contributed by atoms with Crippen molar-refractivity contribution >= 4 is 50.3 Å². The van der Waals surface area contributed by atoms with Crippen molar-refractivity contribution in [3.05, 3.63) is 82.9 Å². The highest BCUT2D eigenvalue weighted by atomic mass is 35.5. The number of phenolic OH excluding ortho intramolecular Hbond substituents is 1. The number of sulfone groups is 1. The summed E-state index contributed by atoms with van der Waals surface area (Å²) in [7, 11) is -3.98. The van der Waals surface area contributed by atoms with Crippen LogP contribution in [0.2, 0.25) is 5.02 Å². The SMILES string of the molecule is CCC(C(=O)Nc1cc(O)c(NC(=O)C(Cc2ccccc2)=NN)cc1Cl)S(=O)(=O)c1cccc(C)c1. The summed E-state index contributed by atoms with van der Waals surface area (Å²) in [5.74, 6) is 3.54. The van der Waals surface area contributed by atoms with Gasteiger partial charge in [0.15, 0.2) is 9.84 Å². The molecule has 1 unspecified atom stereocenters. The molecule has 3 aromatic rings. The lowest BCUT2D eigenvalue weighted by atomic mass is 10.1. The third kappa shape index (κ3) is 6.66. The van der Waals surface area contributed by atoms with Gasteiger partial charge in [-0.05, 0) is 42.7 Å². The summed E-state index contributed by atoms with van der Waals surface area (Å²) in [5.41, 5.74) is 1.52. The minimum atomic E-state index is -3.98. The molecule has 0 aliphatic rings. The number of halogens is 1. The smallest absolute Gasteiger partial charge is 0.272 e. The number of nitrogens with two attached hydrogens (primary N) is 1. The highest BCUT2D eigenvalue weighted by Gasteiger charge is 2.33. The van der Waals surface area contributed by atoms with Crippen molar-refractivity contribution in [3.63, 3.8) is 0 Å². The van der Waals surface area contributed by atoms with Crippen LogP contribution in [0.1, 0.15) is 24.5 Å². The van der Waals surface area contributed by atoms with E-state index < -0.39 is 32.7 Å². The zero-order valence-corrected chi connectivity index (χ0v) is 21.8. The predicted octanol–water partition coefficient (Wildman–Crippen LogP) is 4.04. The predicted molar refractivity (Wildman–Crippen MR) is 145 cm³/mol. The third-order valence-electron chi connectivity index (χ3n) is 5.58. The number of carbonyl (C=O) groups excluding carboxylic acids is 2. The van der Waals surface area contributed by atoms with E-state index in [0.717, 1.165) is 17.2 Å². The molecule has 0 heterocycles. The average molecular weight is 543 g/mol. The van der Waals surface area contributed by atoms with Gasteiger partial charge in [-0.25, -0.2) is 8.42 Å². The normalized spacial score (nSPS) is 12.6. The van der Waals surface area contributed by atoms with E-state index in [2.05, 4.69) is 15.7 Å². The van der Waals surface area contributed by atoms with Gasteiger partial charge in [-0.2, -0.15) is 5.10 Å². The number of hydrogen-bond donors (Lipinski definition) is 4. The number of aromatic hydroxyl groups is 1. The first-order chi connectivity index (χ1) is 17.6. The summed E-state index contributed by atoms with van der Waals surface area (Å²) in [4.78, 5) is 25.6. The lowest BCUT2D eigenvalue weighted by Crippen LogP contribution is -2.34. The Labute approximate surface area is 220 Å².